The van der Waals surface area contributed by atoms with Crippen LogP contribution in [0.15, 0.2) is 17.5 Å². The third kappa shape index (κ3) is 3.82. The Morgan fingerprint density at radius 3 is 2.55 bits per heavy atom. The van der Waals surface area contributed by atoms with E-state index in [0.717, 1.165) is 17.8 Å². The molecule has 1 aromatic carbocycles. The third-order valence-electron chi connectivity index (χ3n) is 2.32. The number of rotatable bonds is 4. The lowest BCUT2D eigenvalue weighted by Gasteiger charge is -2.08. The molecule has 0 fully saturated rings. The van der Waals surface area contributed by atoms with E-state index in [-0.39, 0.29) is 28.1 Å². The molecule has 106 valence electrons. The van der Waals surface area contributed by atoms with Crippen LogP contribution in [0.5, 0.6) is 0 Å². The topological polar surface area (TPSA) is 42.0 Å². The van der Waals surface area contributed by atoms with Crippen LogP contribution < -0.4 is 5.32 Å². The Hall–Kier alpha value is -0.880. The molecule has 8 heteroatoms. The number of anilines is 1. The molecule has 3 nitrogen and oxygen atoms in total. The first-order valence-corrected chi connectivity index (χ1v) is 7.60. The standard InChI is InChI=1S/C12H8Cl3FN2OS/c13-4-7-5-20-11(17-7)3-10(19)18-12-8(14)1-6(16)2-9(12)15/h1-2,5H,3-4H2,(H,18,19). The van der Waals surface area contributed by atoms with Crippen LogP contribution in [0.1, 0.15) is 10.7 Å². The second-order valence-corrected chi connectivity index (χ2v) is 5.86. The van der Waals surface area contributed by atoms with Gasteiger partial charge in [-0.15, -0.1) is 22.9 Å². The predicted octanol–water partition coefficient (Wildman–Crippen LogP) is 4.51. The average molecular weight is 354 g/mol. The fourth-order valence-electron chi connectivity index (χ4n) is 1.47. The lowest BCUT2D eigenvalue weighted by Crippen LogP contribution is -2.15. The minimum absolute atomic E-state index is 0.0453. The van der Waals surface area contributed by atoms with E-state index < -0.39 is 5.82 Å². The molecule has 0 aliphatic carbocycles. The van der Waals surface area contributed by atoms with Crippen molar-refractivity contribution >= 4 is 57.7 Å². The fourth-order valence-corrected chi connectivity index (χ4v) is 3.05. The maximum atomic E-state index is 13.0. The van der Waals surface area contributed by atoms with E-state index in [9.17, 15) is 9.18 Å². The van der Waals surface area contributed by atoms with E-state index in [1.165, 1.54) is 11.3 Å². The minimum Gasteiger partial charge on any atom is -0.323 e. The van der Waals surface area contributed by atoms with Gasteiger partial charge in [0.05, 0.1) is 33.7 Å². The average Bonchev–Trinajstić information content (AvgIpc) is 2.81. The van der Waals surface area contributed by atoms with Gasteiger partial charge in [0.25, 0.3) is 0 Å². The van der Waals surface area contributed by atoms with Gasteiger partial charge in [-0.05, 0) is 12.1 Å². The summed E-state index contributed by atoms with van der Waals surface area (Å²) in [5.41, 5.74) is 0.908. The Kier molecular flexibility index (Phi) is 5.21. The zero-order valence-electron chi connectivity index (χ0n) is 9.92. The predicted molar refractivity (Wildman–Crippen MR) is 80.4 cm³/mol. The molecule has 20 heavy (non-hydrogen) atoms. The third-order valence-corrected chi connectivity index (χ3v) is 4.09. The van der Waals surface area contributed by atoms with E-state index in [1.54, 1.807) is 5.38 Å². The highest BCUT2D eigenvalue weighted by atomic mass is 35.5. The largest absolute Gasteiger partial charge is 0.323 e. The molecule has 1 amide bonds. The zero-order valence-corrected chi connectivity index (χ0v) is 13.0. The summed E-state index contributed by atoms with van der Waals surface area (Å²) < 4.78 is 13.0. The minimum atomic E-state index is -0.565. The van der Waals surface area contributed by atoms with Crippen LogP contribution in [0.25, 0.3) is 0 Å². The maximum Gasteiger partial charge on any atom is 0.231 e. The lowest BCUT2D eigenvalue weighted by molar-refractivity contribution is -0.115. The van der Waals surface area contributed by atoms with Crippen molar-refractivity contribution in [2.45, 2.75) is 12.3 Å². The van der Waals surface area contributed by atoms with Gasteiger partial charge in [0.15, 0.2) is 0 Å². The number of thiazole rings is 1. The van der Waals surface area contributed by atoms with Crippen LogP contribution in [0.3, 0.4) is 0 Å². The first kappa shape index (κ1) is 15.5. The Morgan fingerprint density at radius 1 is 1.35 bits per heavy atom. The molecule has 0 unspecified atom stereocenters. The highest BCUT2D eigenvalue weighted by Crippen LogP contribution is 2.31. The highest BCUT2D eigenvalue weighted by molar-refractivity contribution is 7.09. The number of hydrogen-bond donors (Lipinski definition) is 1. The summed E-state index contributed by atoms with van der Waals surface area (Å²) in [6.07, 6.45) is 0.0750. The van der Waals surface area contributed by atoms with Gasteiger partial charge in [0.1, 0.15) is 10.8 Å². The molecule has 0 atom stereocenters. The van der Waals surface area contributed by atoms with Gasteiger partial charge in [-0.3, -0.25) is 4.79 Å². The Balaban J connectivity index is 2.08. The molecular formula is C12H8Cl3FN2OS. The summed E-state index contributed by atoms with van der Waals surface area (Å²) >= 11 is 18.7. The number of carbonyl (C=O) groups excluding carboxylic acids is 1. The van der Waals surface area contributed by atoms with Crippen molar-refractivity contribution in [2.24, 2.45) is 0 Å². The van der Waals surface area contributed by atoms with Crippen LogP contribution in [-0.4, -0.2) is 10.9 Å². The van der Waals surface area contributed by atoms with Gasteiger partial charge < -0.3 is 5.32 Å². The van der Waals surface area contributed by atoms with Crippen molar-refractivity contribution in [3.8, 4) is 0 Å². The van der Waals surface area contributed by atoms with Crippen LogP contribution in [0, 0.1) is 5.82 Å². The number of hydrogen-bond acceptors (Lipinski definition) is 3. The fraction of sp³-hybridized carbons (Fsp3) is 0.167. The molecule has 2 rings (SSSR count). The molecule has 0 radical (unpaired) electrons. The molecule has 1 heterocycles. The van der Waals surface area contributed by atoms with Gasteiger partial charge in [-0.2, -0.15) is 0 Å². The van der Waals surface area contributed by atoms with Gasteiger partial charge in [-0.25, -0.2) is 9.37 Å². The van der Waals surface area contributed by atoms with E-state index in [2.05, 4.69) is 10.3 Å². The number of alkyl halides is 1. The summed E-state index contributed by atoms with van der Waals surface area (Å²) in [4.78, 5) is 16.0. The number of carbonyl (C=O) groups is 1. The summed E-state index contributed by atoms with van der Waals surface area (Å²) in [6.45, 7) is 0. The van der Waals surface area contributed by atoms with Crippen LogP contribution in [-0.2, 0) is 17.1 Å². The number of nitrogens with one attached hydrogen (secondary N) is 1. The van der Waals surface area contributed by atoms with Crippen molar-refractivity contribution < 1.29 is 9.18 Å². The molecule has 1 aromatic heterocycles. The summed E-state index contributed by atoms with van der Waals surface area (Å²) in [6, 6.07) is 2.16. The first-order chi connectivity index (χ1) is 9.49. The molecule has 0 saturated heterocycles. The second kappa shape index (κ2) is 6.72. The maximum absolute atomic E-state index is 13.0. The summed E-state index contributed by atoms with van der Waals surface area (Å²) in [5, 5.41) is 5.05. The Morgan fingerprint density at radius 2 is 2.00 bits per heavy atom. The van der Waals surface area contributed by atoms with Gasteiger partial charge in [0, 0.05) is 5.38 Å². The summed E-state index contributed by atoms with van der Waals surface area (Å²) in [5.74, 6) is -0.603. The van der Waals surface area contributed by atoms with Crippen LogP contribution in [0.2, 0.25) is 10.0 Å². The number of nitrogens with zero attached hydrogens (tertiary/aromatic N) is 1. The SMILES string of the molecule is O=C(Cc1nc(CCl)cs1)Nc1c(Cl)cc(F)cc1Cl. The van der Waals surface area contributed by atoms with E-state index in [0.29, 0.717) is 10.9 Å². The molecule has 2 aromatic rings. The molecule has 0 aliphatic rings. The van der Waals surface area contributed by atoms with Crippen molar-refractivity contribution in [3.63, 3.8) is 0 Å². The number of halogens is 4. The summed E-state index contributed by atoms with van der Waals surface area (Å²) in [7, 11) is 0. The highest BCUT2D eigenvalue weighted by Gasteiger charge is 2.13. The Bertz CT molecular complexity index is 624. The smallest absolute Gasteiger partial charge is 0.231 e. The second-order valence-electron chi connectivity index (χ2n) is 3.84. The number of benzene rings is 1. The van der Waals surface area contributed by atoms with Gasteiger partial charge in [0.2, 0.25) is 5.91 Å². The molecule has 0 saturated carbocycles. The Labute approximate surface area is 133 Å². The van der Waals surface area contributed by atoms with Crippen LogP contribution >= 0.6 is 46.1 Å². The molecule has 0 aliphatic heterocycles. The monoisotopic (exact) mass is 352 g/mol. The van der Waals surface area contributed by atoms with Crippen molar-refractivity contribution in [3.05, 3.63) is 44.1 Å². The van der Waals surface area contributed by atoms with E-state index in [1.807, 2.05) is 0 Å². The first-order valence-electron chi connectivity index (χ1n) is 5.43. The molecular weight excluding hydrogens is 346 g/mol. The zero-order chi connectivity index (χ0) is 14.7. The number of aromatic nitrogens is 1. The van der Waals surface area contributed by atoms with Crippen LogP contribution in [0.4, 0.5) is 10.1 Å². The van der Waals surface area contributed by atoms with Crippen molar-refractivity contribution in [2.75, 3.05) is 5.32 Å². The van der Waals surface area contributed by atoms with E-state index >= 15 is 0 Å². The normalized spacial score (nSPS) is 10.6. The molecule has 1 N–H and O–H groups in total. The van der Waals surface area contributed by atoms with Crippen molar-refractivity contribution in [1.29, 1.82) is 0 Å². The lowest BCUT2D eigenvalue weighted by atomic mass is 10.3. The quantitative estimate of drug-likeness (QED) is 0.822. The van der Waals surface area contributed by atoms with Gasteiger partial charge in [-0.1, -0.05) is 23.2 Å². The van der Waals surface area contributed by atoms with E-state index in [4.69, 9.17) is 34.8 Å². The number of amides is 1. The molecule has 0 spiro atoms. The van der Waals surface area contributed by atoms with Gasteiger partial charge >= 0.3 is 0 Å². The van der Waals surface area contributed by atoms with Crippen molar-refractivity contribution in [1.82, 2.24) is 4.98 Å². The molecule has 0 bridgehead atoms.